The van der Waals surface area contributed by atoms with E-state index in [0.717, 1.165) is 18.2 Å². The van der Waals surface area contributed by atoms with Crippen LogP contribution in [0.25, 0.3) is 6.08 Å². The first-order valence-electron chi connectivity index (χ1n) is 16.0. The fourth-order valence-corrected chi connectivity index (χ4v) is 7.15. The van der Waals surface area contributed by atoms with E-state index in [0.29, 0.717) is 6.07 Å². The Kier molecular flexibility index (Phi) is 13.2. The lowest BCUT2D eigenvalue weighted by atomic mass is 9.89. The molecule has 2 atom stereocenters. The molecular weight excluding hydrogens is 750 g/mol. The number of thioether (sulfide) groups is 1. The highest BCUT2D eigenvalue weighted by molar-refractivity contribution is 8.00. The molecule has 13 nitrogen and oxygen atoms in total. The highest BCUT2D eigenvalue weighted by Crippen LogP contribution is 2.43. The Hall–Kier alpha value is -5.10. The van der Waals surface area contributed by atoms with Crippen molar-refractivity contribution in [1.82, 2.24) is 14.8 Å². The molecule has 1 aliphatic rings. The van der Waals surface area contributed by atoms with Crippen LogP contribution in [0.2, 0.25) is 0 Å². The quantitative estimate of drug-likeness (QED) is 0.0870. The summed E-state index contributed by atoms with van der Waals surface area (Å²) in [6.45, 7) is 0.844. The zero-order valence-corrected chi connectivity index (χ0v) is 30.0. The zero-order chi connectivity index (χ0) is 38.9. The summed E-state index contributed by atoms with van der Waals surface area (Å²) in [4.78, 5) is 36.6. The predicted octanol–water partition coefficient (Wildman–Crippen LogP) is 5.93. The van der Waals surface area contributed by atoms with Crippen molar-refractivity contribution in [3.63, 3.8) is 0 Å². The zero-order valence-electron chi connectivity index (χ0n) is 28.3. The van der Waals surface area contributed by atoms with E-state index < -0.39 is 60.2 Å². The molecule has 0 radical (unpaired) electrons. The molecule has 280 valence electrons. The molecule has 0 spiro atoms. The minimum atomic E-state index is -5.01. The molecule has 1 saturated heterocycles. The van der Waals surface area contributed by atoms with Gasteiger partial charge in [-0.25, -0.2) is 32.2 Å². The first kappa shape index (κ1) is 40.1. The highest BCUT2D eigenvalue weighted by Gasteiger charge is 2.47. The van der Waals surface area contributed by atoms with Crippen LogP contribution >= 0.6 is 19.6 Å². The number of carbonyl (C=O) groups excluding carboxylic acids is 1. The Morgan fingerprint density at radius 1 is 1.07 bits per heavy atom. The Labute approximate surface area is 311 Å². The summed E-state index contributed by atoms with van der Waals surface area (Å²) in [5, 5.41) is 21.2. The molecule has 2 N–H and O–H groups in total. The topological polar surface area (TPSA) is 190 Å². The van der Waals surface area contributed by atoms with Gasteiger partial charge in [0, 0.05) is 22.4 Å². The van der Waals surface area contributed by atoms with Crippen LogP contribution in [-0.2, 0) is 42.1 Å². The second kappa shape index (κ2) is 17.8. The van der Waals surface area contributed by atoms with E-state index in [1.54, 1.807) is 25.2 Å². The lowest BCUT2D eigenvalue weighted by Gasteiger charge is -2.40. The Bertz CT molecular complexity index is 2160. The monoisotopic (exact) mass is 781 g/mol. The first-order valence-corrected chi connectivity index (χ1v) is 18.4. The molecule has 54 heavy (non-hydrogen) atoms. The molecule has 4 aromatic rings. The molecule has 0 bridgehead atoms. The van der Waals surface area contributed by atoms with E-state index in [-0.39, 0.29) is 53.1 Å². The highest BCUT2D eigenvalue weighted by atomic mass is 32.2. The number of nitrogens with zero attached hydrogens (tertiary/aromatic N) is 5. The normalized spacial score (nSPS) is 17.9. The average Bonchev–Trinajstić information content (AvgIpc) is 3.65. The van der Waals surface area contributed by atoms with Crippen LogP contribution in [0.1, 0.15) is 45.1 Å². The minimum absolute atomic E-state index is 0.0555. The van der Waals surface area contributed by atoms with Crippen LogP contribution in [0.3, 0.4) is 0 Å². The number of rotatable bonds is 14. The van der Waals surface area contributed by atoms with Crippen molar-refractivity contribution < 1.29 is 51.1 Å². The molecule has 0 aliphatic carbocycles. The lowest BCUT2D eigenvalue weighted by Crippen LogP contribution is -2.47. The number of allylic oxidation sites excluding steroid dienone is 2. The number of esters is 1. The van der Waals surface area contributed by atoms with Gasteiger partial charge < -0.3 is 24.0 Å². The van der Waals surface area contributed by atoms with Gasteiger partial charge in [0.25, 0.3) is 0 Å². The van der Waals surface area contributed by atoms with Gasteiger partial charge in [0.15, 0.2) is 11.9 Å². The summed E-state index contributed by atoms with van der Waals surface area (Å²) in [5.74, 6) is -3.53. The van der Waals surface area contributed by atoms with Gasteiger partial charge >= 0.3 is 13.8 Å². The van der Waals surface area contributed by atoms with Gasteiger partial charge in [0.1, 0.15) is 30.1 Å². The molecule has 0 amide bonds. The Balaban J connectivity index is 1.40. The van der Waals surface area contributed by atoms with Crippen molar-refractivity contribution in [3.8, 4) is 12.1 Å². The largest absolute Gasteiger partial charge is 0.469 e. The summed E-state index contributed by atoms with van der Waals surface area (Å²) in [5.41, 5.74) is -1.94. The Morgan fingerprint density at radius 3 is 2.44 bits per heavy atom. The van der Waals surface area contributed by atoms with Crippen molar-refractivity contribution in [2.24, 2.45) is 0 Å². The van der Waals surface area contributed by atoms with Gasteiger partial charge in [0.2, 0.25) is 0 Å². The number of nitriles is 2. The van der Waals surface area contributed by atoms with Crippen molar-refractivity contribution in [2.75, 3.05) is 13.2 Å². The van der Waals surface area contributed by atoms with Gasteiger partial charge in [-0.1, -0.05) is 24.3 Å². The van der Waals surface area contributed by atoms with Gasteiger partial charge in [-0.15, -0.1) is 11.8 Å². The second-order valence-electron chi connectivity index (χ2n) is 11.8. The number of halogens is 3. The van der Waals surface area contributed by atoms with E-state index in [2.05, 4.69) is 14.6 Å². The lowest BCUT2D eigenvalue weighted by molar-refractivity contribution is -0.146. The number of ether oxygens (including phenoxy) is 3. The van der Waals surface area contributed by atoms with Crippen LogP contribution in [0.5, 0.6) is 0 Å². The van der Waals surface area contributed by atoms with E-state index in [4.69, 9.17) is 19.5 Å². The standard InChI is InChI=1S/C36H31F3N5O8PS/c1-23(54-29-18-49-34(50-19-29)5-3-2-4-26-8-6-25(16-41)13-32(26)38)36(20-44-22-42-21-43-44,31-11-9-28(37)14-33(31)39)52-35(45)30-10-7-24(15-40)12-27(30)17-51-53(46,47)48/h2-14,21-23,29,34H,17-20H2,1H3,(H2,46,47,48)/b4-2+,5-3+/t23-,29-,34-,36-/m1/s1. The third-order valence-corrected chi connectivity index (χ3v) is 10.0. The maximum absolute atomic E-state index is 15.8. The predicted molar refractivity (Wildman–Crippen MR) is 187 cm³/mol. The number of phosphoric ester groups is 1. The van der Waals surface area contributed by atoms with Crippen LogP contribution in [-0.4, -0.2) is 60.5 Å². The van der Waals surface area contributed by atoms with E-state index in [9.17, 15) is 33.2 Å². The molecule has 5 rings (SSSR count). The van der Waals surface area contributed by atoms with Crippen LogP contribution in [0, 0.1) is 40.1 Å². The fourth-order valence-electron chi connectivity index (χ4n) is 5.48. The average molecular weight is 782 g/mol. The SMILES string of the molecule is C[C@@H](S[C@H]1CO[C@H](/C=C/C=C/c2ccc(C#N)cc2F)OC1)[C@@](Cn1cncn1)(OC(=O)c1ccc(C#N)cc1COP(=O)(O)O)c1ccc(F)cc1F. The number of aromatic nitrogens is 3. The number of hydrogen-bond donors (Lipinski definition) is 2. The van der Waals surface area contributed by atoms with E-state index in [1.165, 1.54) is 65.5 Å². The smallest absolute Gasteiger partial charge is 0.447 e. The third kappa shape index (κ3) is 10.3. The van der Waals surface area contributed by atoms with Crippen LogP contribution in [0.4, 0.5) is 13.2 Å². The van der Waals surface area contributed by atoms with Gasteiger partial charge in [-0.2, -0.15) is 15.6 Å². The minimum Gasteiger partial charge on any atom is -0.447 e. The first-order chi connectivity index (χ1) is 25.8. The molecule has 1 aromatic heterocycles. The third-order valence-electron chi connectivity index (χ3n) is 8.10. The summed E-state index contributed by atoms with van der Waals surface area (Å²) < 4.78 is 79.6. The molecule has 0 saturated carbocycles. The van der Waals surface area contributed by atoms with Crippen LogP contribution < -0.4 is 0 Å². The van der Waals surface area contributed by atoms with E-state index in [1.807, 2.05) is 12.1 Å². The van der Waals surface area contributed by atoms with Crippen molar-refractivity contribution >= 4 is 31.6 Å². The summed E-state index contributed by atoms with van der Waals surface area (Å²) >= 11 is 1.23. The number of carbonyl (C=O) groups is 1. The summed E-state index contributed by atoms with van der Waals surface area (Å²) in [6, 6.07) is 14.4. The molecule has 3 aromatic carbocycles. The van der Waals surface area contributed by atoms with Crippen LogP contribution in [0.15, 0.2) is 85.5 Å². The molecule has 1 fully saturated rings. The van der Waals surface area contributed by atoms with Gasteiger partial charge in [-0.05, 0) is 61.0 Å². The molecule has 2 heterocycles. The van der Waals surface area contributed by atoms with Crippen molar-refractivity contribution in [2.45, 2.75) is 42.5 Å². The fraction of sp³-hybridized carbons (Fsp3) is 0.250. The van der Waals surface area contributed by atoms with E-state index >= 15 is 4.39 Å². The number of phosphoric acid groups is 1. The number of hydrogen-bond acceptors (Lipinski definition) is 11. The van der Waals surface area contributed by atoms with Crippen molar-refractivity contribution in [3.05, 3.63) is 136 Å². The molecular formula is C36H31F3N5O8PS. The van der Waals surface area contributed by atoms with Gasteiger partial charge in [0.05, 0.1) is 60.4 Å². The second-order valence-corrected chi connectivity index (χ2v) is 14.7. The molecule has 18 heteroatoms. The summed E-state index contributed by atoms with van der Waals surface area (Å²) in [7, 11) is -5.01. The maximum Gasteiger partial charge on any atom is 0.469 e. The molecule has 1 aliphatic heterocycles. The molecule has 0 unspecified atom stereocenters. The summed E-state index contributed by atoms with van der Waals surface area (Å²) in [6.07, 6.45) is 8.10. The van der Waals surface area contributed by atoms with Gasteiger partial charge in [-0.3, -0.25) is 4.52 Å². The Morgan fingerprint density at radius 2 is 1.80 bits per heavy atom. The maximum atomic E-state index is 15.8. The van der Waals surface area contributed by atoms with Crippen molar-refractivity contribution in [1.29, 1.82) is 10.5 Å². The number of benzene rings is 3.